The minimum Gasteiger partial charge on any atom is -0.497 e. The van der Waals surface area contributed by atoms with Crippen LogP contribution in [0.5, 0.6) is 5.75 Å². The van der Waals surface area contributed by atoms with Crippen molar-refractivity contribution in [2.24, 2.45) is 0 Å². The average molecular weight is 464 g/mol. The molecule has 174 valence electrons. The minimum atomic E-state index is 0.228. The summed E-state index contributed by atoms with van der Waals surface area (Å²) in [5.74, 6) is 1.09. The van der Waals surface area contributed by atoms with Gasteiger partial charge in [0, 0.05) is 54.7 Å². The van der Waals surface area contributed by atoms with Gasteiger partial charge in [-0.25, -0.2) is 0 Å². The number of amides is 1. The number of aryl methyl sites for hydroxylation is 1. The van der Waals surface area contributed by atoms with Gasteiger partial charge in [-0.1, -0.05) is 30.3 Å². The van der Waals surface area contributed by atoms with Gasteiger partial charge in [-0.05, 0) is 55.3 Å². The van der Waals surface area contributed by atoms with Crippen molar-refractivity contribution in [1.29, 1.82) is 0 Å². The molecule has 1 amide bonds. The van der Waals surface area contributed by atoms with E-state index in [0.29, 0.717) is 6.54 Å². The number of rotatable bonds is 9. The Hall–Kier alpha value is -2.83. The molecule has 2 heterocycles. The molecule has 0 N–H and O–H groups in total. The van der Waals surface area contributed by atoms with Gasteiger partial charge >= 0.3 is 0 Å². The number of hydrogen-bond donors (Lipinski definition) is 0. The predicted molar refractivity (Wildman–Crippen MR) is 136 cm³/mol. The van der Waals surface area contributed by atoms with Crippen LogP contribution in [0.15, 0.2) is 66.7 Å². The van der Waals surface area contributed by atoms with Crippen molar-refractivity contribution in [2.45, 2.75) is 19.9 Å². The highest BCUT2D eigenvalue weighted by molar-refractivity contribution is 7.11. The van der Waals surface area contributed by atoms with E-state index >= 15 is 0 Å². The van der Waals surface area contributed by atoms with Crippen LogP contribution in [0.1, 0.15) is 15.3 Å². The first-order chi connectivity index (χ1) is 16.1. The summed E-state index contributed by atoms with van der Waals surface area (Å²) in [6, 6.07) is 23.0. The second-order valence-electron chi connectivity index (χ2n) is 8.52. The Morgan fingerprint density at radius 3 is 2.33 bits per heavy atom. The van der Waals surface area contributed by atoms with E-state index in [1.54, 1.807) is 7.11 Å². The Balaban J connectivity index is 1.33. The second kappa shape index (κ2) is 11.3. The fraction of sp³-hybridized carbons (Fsp3) is 0.370. The quantitative estimate of drug-likeness (QED) is 0.470. The summed E-state index contributed by atoms with van der Waals surface area (Å²) in [5.41, 5.74) is 2.49. The molecule has 1 aliphatic rings. The summed E-state index contributed by atoms with van der Waals surface area (Å²) >= 11 is 1.82. The van der Waals surface area contributed by atoms with Crippen LogP contribution in [0.2, 0.25) is 0 Å². The number of anilines is 1. The molecule has 1 aliphatic heterocycles. The monoisotopic (exact) mass is 463 g/mol. The van der Waals surface area contributed by atoms with E-state index in [1.165, 1.54) is 21.0 Å². The maximum absolute atomic E-state index is 13.2. The normalized spacial score (nSPS) is 14.0. The Morgan fingerprint density at radius 2 is 1.70 bits per heavy atom. The Kier molecular flexibility index (Phi) is 8.02. The van der Waals surface area contributed by atoms with Gasteiger partial charge in [-0.15, -0.1) is 11.3 Å². The molecule has 0 saturated carbocycles. The number of carbonyl (C=O) groups is 1. The third-order valence-electron chi connectivity index (χ3n) is 6.16. The molecule has 0 unspecified atom stereocenters. The lowest BCUT2D eigenvalue weighted by Gasteiger charge is -2.37. The molecule has 0 spiro atoms. The van der Waals surface area contributed by atoms with E-state index in [1.807, 2.05) is 34.4 Å². The Labute approximate surface area is 201 Å². The van der Waals surface area contributed by atoms with Gasteiger partial charge in [-0.3, -0.25) is 9.69 Å². The first kappa shape index (κ1) is 23.3. The highest BCUT2D eigenvalue weighted by atomic mass is 32.1. The van der Waals surface area contributed by atoms with Crippen molar-refractivity contribution >= 4 is 22.9 Å². The van der Waals surface area contributed by atoms with Gasteiger partial charge in [0.1, 0.15) is 5.75 Å². The molecule has 0 aliphatic carbocycles. The molecule has 1 saturated heterocycles. The molecule has 0 radical (unpaired) electrons. The number of nitrogens with zero attached hydrogens (tertiary/aromatic N) is 3. The van der Waals surface area contributed by atoms with Crippen LogP contribution in [-0.2, 0) is 17.8 Å². The van der Waals surface area contributed by atoms with E-state index < -0.39 is 0 Å². The number of carbonyl (C=O) groups excluding carboxylic acids is 1. The van der Waals surface area contributed by atoms with Crippen LogP contribution in [-0.4, -0.2) is 62.1 Å². The Bertz CT molecular complexity index is 1010. The summed E-state index contributed by atoms with van der Waals surface area (Å²) in [7, 11) is 1.68. The summed E-state index contributed by atoms with van der Waals surface area (Å²) in [6.45, 7) is 7.52. The molecule has 0 bridgehead atoms. The second-order valence-corrected chi connectivity index (χ2v) is 9.90. The van der Waals surface area contributed by atoms with E-state index in [-0.39, 0.29) is 5.91 Å². The molecule has 4 rings (SSSR count). The number of benzene rings is 2. The van der Waals surface area contributed by atoms with Crippen LogP contribution >= 0.6 is 11.3 Å². The third kappa shape index (κ3) is 6.59. The van der Waals surface area contributed by atoms with Crippen molar-refractivity contribution < 1.29 is 9.53 Å². The molecule has 2 aromatic carbocycles. The van der Waals surface area contributed by atoms with Gasteiger partial charge in [0.25, 0.3) is 0 Å². The number of ether oxygens (including phenoxy) is 1. The summed E-state index contributed by atoms with van der Waals surface area (Å²) in [5, 5.41) is 0. The van der Waals surface area contributed by atoms with Gasteiger partial charge in [0.05, 0.1) is 13.7 Å². The maximum atomic E-state index is 13.2. The zero-order chi connectivity index (χ0) is 23.0. The molecule has 1 aromatic heterocycles. The molecule has 5 nitrogen and oxygen atoms in total. The minimum absolute atomic E-state index is 0.228. The molecular formula is C27H33N3O2S. The zero-order valence-corrected chi connectivity index (χ0v) is 20.4. The van der Waals surface area contributed by atoms with E-state index in [2.05, 4.69) is 65.3 Å². The topological polar surface area (TPSA) is 36.0 Å². The fourth-order valence-electron chi connectivity index (χ4n) is 4.23. The van der Waals surface area contributed by atoms with Crippen LogP contribution in [0.3, 0.4) is 0 Å². The first-order valence-electron chi connectivity index (χ1n) is 11.6. The highest BCUT2D eigenvalue weighted by Crippen LogP contribution is 2.21. The summed E-state index contributed by atoms with van der Waals surface area (Å²) < 4.78 is 5.26. The van der Waals surface area contributed by atoms with E-state index in [0.717, 1.165) is 51.4 Å². The van der Waals surface area contributed by atoms with Gasteiger partial charge in [0.15, 0.2) is 0 Å². The number of hydrogen-bond acceptors (Lipinski definition) is 5. The van der Waals surface area contributed by atoms with Crippen molar-refractivity contribution in [2.75, 3.05) is 51.3 Å². The van der Waals surface area contributed by atoms with Gasteiger partial charge in [-0.2, -0.15) is 0 Å². The zero-order valence-electron chi connectivity index (χ0n) is 19.6. The summed E-state index contributed by atoms with van der Waals surface area (Å²) in [4.78, 5) is 22.5. The maximum Gasteiger partial charge on any atom is 0.236 e. The Morgan fingerprint density at radius 1 is 0.970 bits per heavy atom. The largest absolute Gasteiger partial charge is 0.497 e. The van der Waals surface area contributed by atoms with Crippen LogP contribution in [0.4, 0.5) is 5.69 Å². The fourth-order valence-corrected chi connectivity index (χ4v) is 5.17. The number of methoxy groups -OCH3 is 1. The van der Waals surface area contributed by atoms with Crippen molar-refractivity contribution in [3.8, 4) is 5.75 Å². The van der Waals surface area contributed by atoms with Crippen molar-refractivity contribution in [3.63, 3.8) is 0 Å². The lowest BCUT2D eigenvalue weighted by atomic mass is 10.1. The number of thiophene rings is 1. The first-order valence-corrected chi connectivity index (χ1v) is 12.4. The SMILES string of the molecule is COc1ccc(N2CCN(C(=O)CN(CCc3ccccc3)Cc3ccc(C)s3)CC2)cc1. The highest BCUT2D eigenvalue weighted by Gasteiger charge is 2.23. The molecule has 33 heavy (non-hydrogen) atoms. The molecular weight excluding hydrogens is 430 g/mol. The summed E-state index contributed by atoms with van der Waals surface area (Å²) in [6.07, 6.45) is 0.948. The molecule has 0 atom stereocenters. The predicted octanol–water partition coefficient (Wildman–Crippen LogP) is 4.46. The van der Waals surface area contributed by atoms with Crippen LogP contribution in [0, 0.1) is 6.92 Å². The van der Waals surface area contributed by atoms with Gasteiger partial charge < -0.3 is 14.5 Å². The number of piperazine rings is 1. The standard InChI is InChI=1S/C27H33N3O2S/c1-22-8-13-26(33-22)20-28(15-14-23-6-4-3-5-7-23)21-27(31)30-18-16-29(17-19-30)24-9-11-25(32-2)12-10-24/h3-13H,14-21H2,1-2H3. The smallest absolute Gasteiger partial charge is 0.236 e. The van der Waals surface area contributed by atoms with Crippen molar-refractivity contribution in [1.82, 2.24) is 9.80 Å². The molecule has 1 fully saturated rings. The van der Waals surface area contributed by atoms with Crippen molar-refractivity contribution in [3.05, 3.63) is 82.0 Å². The lowest BCUT2D eigenvalue weighted by Crippen LogP contribution is -2.51. The van der Waals surface area contributed by atoms with Gasteiger partial charge in [0.2, 0.25) is 5.91 Å². The third-order valence-corrected chi connectivity index (χ3v) is 7.15. The van der Waals surface area contributed by atoms with Crippen LogP contribution < -0.4 is 9.64 Å². The molecule has 6 heteroatoms. The molecule has 3 aromatic rings. The van der Waals surface area contributed by atoms with Crippen LogP contribution in [0.25, 0.3) is 0 Å². The van der Waals surface area contributed by atoms with E-state index in [4.69, 9.17) is 4.74 Å². The lowest BCUT2D eigenvalue weighted by molar-refractivity contribution is -0.132. The van der Waals surface area contributed by atoms with E-state index in [9.17, 15) is 4.79 Å². The average Bonchev–Trinajstić information content (AvgIpc) is 3.27.